The lowest BCUT2D eigenvalue weighted by Crippen LogP contribution is -1.94. The van der Waals surface area contributed by atoms with Crippen molar-refractivity contribution in [2.24, 2.45) is 0 Å². The van der Waals surface area contributed by atoms with Crippen molar-refractivity contribution in [3.05, 3.63) is 0 Å². The van der Waals surface area contributed by atoms with Crippen molar-refractivity contribution in [1.82, 2.24) is 0 Å². The van der Waals surface area contributed by atoms with E-state index in [0.29, 0.717) is 12.2 Å². The van der Waals surface area contributed by atoms with Gasteiger partial charge in [-0.2, -0.15) is 0 Å². The minimum atomic E-state index is 0.639. The molecule has 1 nitrogen and oxygen atoms in total. The number of ether oxygens (including phenoxy) is 1. The van der Waals surface area contributed by atoms with Crippen molar-refractivity contribution >= 4 is 0 Å². The quantitative estimate of drug-likeness (QED) is 0.201. The molecule has 0 unspecified atom stereocenters. The molecule has 1 saturated heterocycles. The predicted octanol–water partition coefficient (Wildman–Crippen LogP) is 7.43. The van der Waals surface area contributed by atoms with E-state index in [-0.39, 0.29) is 0 Å². The van der Waals surface area contributed by atoms with Crippen LogP contribution in [-0.4, -0.2) is 12.2 Å². The third kappa shape index (κ3) is 11.5. The van der Waals surface area contributed by atoms with Crippen molar-refractivity contribution in [3.63, 3.8) is 0 Å². The van der Waals surface area contributed by atoms with E-state index in [0.717, 1.165) is 0 Å². The van der Waals surface area contributed by atoms with Crippen LogP contribution in [0.25, 0.3) is 0 Å². The summed E-state index contributed by atoms with van der Waals surface area (Å²) in [4.78, 5) is 0. The van der Waals surface area contributed by atoms with Gasteiger partial charge in [-0.05, 0) is 12.8 Å². The van der Waals surface area contributed by atoms with Crippen LogP contribution >= 0.6 is 0 Å². The molecule has 1 aliphatic rings. The van der Waals surface area contributed by atoms with E-state index < -0.39 is 0 Å². The lowest BCUT2D eigenvalue weighted by Gasteiger charge is -2.01. The van der Waals surface area contributed by atoms with Gasteiger partial charge in [0.2, 0.25) is 0 Å². The third-order valence-corrected chi connectivity index (χ3v) is 5.12. The van der Waals surface area contributed by atoms with Gasteiger partial charge in [-0.3, -0.25) is 0 Å². The largest absolute Gasteiger partial charge is 0.370 e. The molecule has 0 amide bonds. The molecule has 0 bridgehead atoms. The molecule has 1 rings (SSSR count). The molecule has 0 aliphatic carbocycles. The van der Waals surface area contributed by atoms with Gasteiger partial charge in [0, 0.05) is 0 Å². The summed E-state index contributed by atoms with van der Waals surface area (Å²) in [5.74, 6) is 0. The van der Waals surface area contributed by atoms with Crippen molar-refractivity contribution < 1.29 is 4.74 Å². The lowest BCUT2D eigenvalue weighted by atomic mass is 10.0. The van der Waals surface area contributed by atoms with Crippen LogP contribution in [0.5, 0.6) is 0 Å². The fourth-order valence-corrected chi connectivity index (χ4v) is 3.47. The van der Waals surface area contributed by atoms with Gasteiger partial charge < -0.3 is 4.74 Å². The minimum Gasteiger partial charge on any atom is -0.370 e. The molecule has 0 saturated carbocycles. The Morgan fingerprint density at radius 2 is 0.773 bits per heavy atom. The Morgan fingerprint density at radius 3 is 1.14 bits per heavy atom. The molecule has 2 atom stereocenters. The summed E-state index contributed by atoms with van der Waals surface area (Å²) in [6.45, 7) is 4.58. The normalized spacial score (nSPS) is 20.5. The maximum Gasteiger partial charge on any atom is 0.0841 e. The highest BCUT2D eigenvalue weighted by Crippen LogP contribution is 2.31. The first-order valence-corrected chi connectivity index (χ1v) is 10.5. The number of epoxide rings is 1. The van der Waals surface area contributed by atoms with Gasteiger partial charge >= 0.3 is 0 Å². The fourth-order valence-electron chi connectivity index (χ4n) is 3.47. The van der Waals surface area contributed by atoms with Crippen molar-refractivity contribution in [1.29, 1.82) is 0 Å². The van der Waals surface area contributed by atoms with Crippen LogP contribution in [0.3, 0.4) is 0 Å². The summed E-state index contributed by atoms with van der Waals surface area (Å²) in [6.07, 6.45) is 25.3. The highest BCUT2D eigenvalue weighted by molar-refractivity contribution is 4.84. The fraction of sp³-hybridized carbons (Fsp3) is 1.00. The van der Waals surface area contributed by atoms with Crippen LogP contribution in [0.15, 0.2) is 0 Å². The monoisotopic (exact) mass is 310 g/mol. The smallest absolute Gasteiger partial charge is 0.0841 e. The summed E-state index contributed by atoms with van der Waals surface area (Å²) in [6, 6.07) is 0. The zero-order valence-corrected chi connectivity index (χ0v) is 15.6. The van der Waals surface area contributed by atoms with Gasteiger partial charge in [-0.1, -0.05) is 110 Å². The Balaban J connectivity index is 1.73. The SMILES string of the molecule is CCCCCCCCCC[C@H]1O[C@H]1CCCCCCCCC. The molecule has 1 aliphatic heterocycles. The molecule has 1 fully saturated rings. The predicted molar refractivity (Wildman–Crippen MR) is 98.5 cm³/mol. The van der Waals surface area contributed by atoms with Crippen LogP contribution in [-0.2, 0) is 4.74 Å². The second-order valence-corrected chi connectivity index (χ2v) is 7.39. The van der Waals surface area contributed by atoms with Crippen LogP contribution in [0.2, 0.25) is 0 Å². The highest BCUT2D eigenvalue weighted by atomic mass is 16.6. The molecule has 0 radical (unpaired) electrons. The molecule has 0 spiro atoms. The van der Waals surface area contributed by atoms with Gasteiger partial charge in [0.15, 0.2) is 0 Å². The van der Waals surface area contributed by atoms with Crippen molar-refractivity contribution in [2.45, 2.75) is 135 Å². The Morgan fingerprint density at radius 1 is 0.455 bits per heavy atom. The summed E-state index contributed by atoms with van der Waals surface area (Å²) >= 11 is 0. The van der Waals surface area contributed by atoms with Crippen molar-refractivity contribution in [2.75, 3.05) is 0 Å². The van der Waals surface area contributed by atoms with E-state index in [9.17, 15) is 0 Å². The minimum absolute atomic E-state index is 0.639. The average molecular weight is 311 g/mol. The van der Waals surface area contributed by atoms with E-state index in [1.807, 2.05) is 0 Å². The molecular weight excluding hydrogens is 268 g/mol. The van der Waals surface area contributed by atoms with Gasteiger partial charge in [-0.15, -0.1) is 0 Å². The second-order valence-electron chi connectivity index (χ2n) is 7.39. The van der Waals surface area contributed by atoms with Gasteiger partial charge in [-0.25, -0.2) is 0 Å². The maximum absolute atomic E-state index is 5.82. The summed E-state index contributed by atoms with van der Waals surface area (Å²) in [5, 5.41) is 0. The number of hydrogen-bond acceptors (Lipinski definition) is 1. The lowest BCUT2D eigenvalue weighted by molar-refractivity contribution is 0.347. The average Bonchev–Trinajstić information content (AvgIpc) is 3.27. The Bertz CT molecular complexity index is 226. The first-order chi connectivity index (χ1) is 10.9. The first kappa shape index (κ1) is 20.0. The van der Waals surface area contributed by atoms with E-state index in [4.69, 9.17) is 4.74 Å². The van der Waals surface area contributed by atoms with Crippen LogP contribution < -0.4 is 0 Å². The van der Waals surface area contributed by atoms with E-state index in [1.165, 1.54) is 109 Å². The van der Waals surface area contributed by atoms with E-state index >= 15 is 0 Å². The zero-order valence-electron chi connectivity index (χ0n) is 15.6. The van der Waals surface area contributed by atoms with E-state index in [1.54, 1.807) is 0 Å². The van der Waals surface area contributed by atoms with Crippen LogP contribution in [0.1, 0.15) is 123 Å². The molecule has 22 heavy (non-hydrogen) atoms. The molecule has 1 heterocycles. The van der Waals surface area contributed by atoms with Crippen LogP contribution in [0, 0.1) is 0 Å². The van der Waals surface area contributed by atoms with Gasteiger partial charge in [0.25, 0.3) is 0 Å². The summed E-state index contributed by atoms with van der Waals surface area (Å²) < 4.78 is 5.82. The number of unbranched alkanes of at least 4 members (excludes halogenated alkanes) is 13. The molecule has 0 aromatic rings. The molecule has 0 aromatic carbocycles. The molecule has 132 valence electrons. The number of hydrogen-bond donors (Lipinski definition) is 0. The Hall–Kier alpha value is -0.0400. The zero-order chi connectivity index (χ0) is 15.9. The van der Waals surface area contributed by atoms with Gasteiger partial charge in [0.1, 0.15) is 0 Å². The molecule has 1 heteroatoms. The standard InChI is InChI=1S/C21H42O/c1-3-5-7-9-11-13-15-17-19-21-20(22-21)18-16-14-12-10-8-6-4-2/h20-21H,3-19H2,1-2H3/t20-,21+/m0/s1. The van der Waals surface area contributed by atoms with E-state index in [2.05, 4.69) is 13.8 Å². The Labute approximate surface area is 140 Å². The summed E-state index contributed by atoms with van der Waals surface area (Å²) in [5.41, 5.74) is 0. The second kappa shape index (κ2) is 14.5. The molecular formula is C21H42O. The first-order valence-electron chi connectivity index (χ1n) is 10.5. The van der Waals surface area contributed by atoms with Crippen molar-refractivity contribution in [3.8, 4) is 0 Å². The highest BCUT2D eigenvalue weighted by Gasteiger charge is 2.36. The Kier molecular flexibility index (Phi) is 13.2. The number of rotatable bonds is 17. The maximum atomic E-state index is 5.82. The molecule has 0 aromatic heterocycles. The van der Waals surface area contributed by atoms with Gasteiger partial charge in [0.05, 0.1) is 12.2 Å². The topological polar surface area (TPSA) is 12.5 Å². The molecule has 0 N–H and O–H groups in total. The third-order valence-electron chi connectivity index (χ3n) is 5.12. The van der Waals surface area contributed by atoms with Crippen LogP contribution in [0.4, 0.5) is 0 Å². The summed E-state index contributed by atoms with van der Waals surface area (Å²) in [7, 11) is 0.